The highest BCUT2D eigenvalue weighted by molar-refractivity contribution is 6.75. The van der Waals surface area contributed by atoms with Crippen LogP contribution in [0.15, 0.2) is 48.5 Å². The summed E-state index contributed by atoms with van der Waals surface area (Å²) in [6.07, 6.45) is -1.16. The first kappa shape index (κ1) is 18.8. The van der Waals surface area contributed by atoms with Gasteiger partial charge in [0.2, 0.25) is 0 Å². The van der Waals surface area contributed by atoms with E-state index in [4.69, 9.17) is 51.1 Å². The van der Waals surface area contributed by atoms with E-state index in [9.17, 15) is 14.9 Å². The van der Waals surface area contributed by atoms with E-state index in [1.54, 1.807) is 30.3 Å². The second kappa shape index (κ2) is 7.57. The van der Waals surface area contributed by atoms with Crippen LogP contribution in [0.1, 0.15) is 17.2 Å². The van der Waals surface area contributed by atoms with Crippen molar-refractivity contribution in [1.82, 2.24) is 0 Å². The van der Waals surface area contributed by atoms with Gasteiger partial charge in [-0.3, -0.25) is 10.1 Å². The van der Waals surface area contributed by atoms with Crippen LogP contribution >= 0.6 is 46.4 Å². The fourth-order valence-corrected chi connectivity index (χ4v) is 2.33. The van der Waals surface area contributed by atoms with Gasteiger partial charge in [-0.15, -0.1) is 0 Å². The SMILES string of the molecule is O=C(OC(c1ccccc1)c1cc(Cl)ccc1[N+](=O)[O-])C(Cl)(Cl)Cl. The van der Waals surface area contributed by atoms with Crippen molar-refractivity contribution in [3.63, 3.8) is 0 Å². The third-order valence-corrected chi connectivity index (χ3v) is 3.73. The molecule has 2 aromatic carbocycles. The number of halogens is 4. The number of rotatable bonds is 4. The molecule has 0 spiro atoms. The Kier molecular flexibility index (Phi) is 5.93. The monoisotopic (exact) mass is 407 g/mol. The quantitative estimate of drug-likeness (QED) is 0.299. The molecule has 0 aliphatic carbocycles. The Balaban J connectivity index is 2.57. The molecular formula is C15H9Cl4NO4. The van der Waals surface area contributed by atoms with Crippen LogP contribution in [0.4, 0.5) is 5.69 Å². The first-order valence-electron chi connectivity index (χ1n) is 6.46. The van der Waals surface area contributed by atoms with Crippen molar-refractivity contribution in [2.45, 2.75) is 9.90 Å². The van der Waals surface area contributed by atoms with Gasteiger partial charge >= 0.3 is 5.97 Å². The summed E-state index contributed by atoms with van der Waals surface area (Å²) in [6.45, 7) is 0. The predicted molar refractivity (Wildman–Crippen MR) is 92.8 cm³/mol. The molecule has 0 aromatic heterocycles. The summed E-state index contributed by atoms with van der Waals surface area (Å²) in [5.41, 5.74) is 0.261. The zero-order chi connectivity index (χ0) is 17.9. The molecule has 126 valence electrons. The Morgan fingerprint density at radius 1 is 1.12 bits per heavy atom. The topological polar surface area (TPSA) is 69.4 Å². The number of carbonyl (C=O) groups is 1. The number of ether oxygens (including phenoxy) is 1. The minimum absolute atomic E-state index is 0.0706. The molecular weight excluding hydrogens is 400 g/mol. The fourth-order valence-electron chi connectivity index (χ4n) is 2.01. The molecule has 1 atom stereocenters. The van der Waals surface area contributed by atoms with E-state index in [2.05, 4.69) is 0 Å². The molecule has 0 saturated heterocycles. The molecule has 0 aliphatic heterocycles. The maximum atomic E-state index is 12.0. The zero-order valence-corrected chi connectivity index (χ0v) is 14.8. The van der Waals surface area contributed by atoms with Gasteiger partial charge in [-0.1, -0.05) is 76.7 Å². The van der Waals surface area contributed by atoms with Gasteiger partial charge < -0.3 is 4.74 Å². The average Bonchev–Trinajstić information content (AvgIpc) is 2.51. The normalized spacial score (nSPS) is 12.5. The van der Waals surface area contributed by atoms with Gasteiger partial charge in [-0.2, -0.15) is 0 Å². The van der Waals surface area contributed by atoms with Gasteiger partial charge in [-0.25, -0.2) is 4.79 Å². The Morgan fingerprint density at radius 3 is 2.29 bits per heavy atom. The second-order valence-electron chi connectivity index (χ2n) is 4.65. The van der Waals surface area contributed by atoms with Gasteiger partial charge in [0.05, 0.1) is 10.5 Å². The Bertz CT molecular complexity index is 762. The lowest BCUT2D eigenvalue weighted by Crippen LogP contribution is -2.25. The molecule has 0 amide bonds. The molecule has 0 aliphatic rings. The van der Waals surface area contributed by atoms with Crippen molar-refractivity contribution >= 4 is 58.1 Å². The molecule has 0 bridgehead atoms. The van der Waals surface area contributed by atoms with Crippen molar-refractivity contribution in [2.24, 2.45) is 0 Å². The van der Waals surface area contributed by atoms with Crippen LogP contribution in [-0.4, -0.2) is 14.7 Å². The van der Waals surface area contributed by atoms with E-state index < -0.39 is 20.8 Å². The third-order valence-electron chi connectivity index (χ3n) is 3.03. The molecule has 0 radical (unpaired) electrons. The lowest BCUT2D eigenvalue weighted by Gasteiger charge is -2.21. The Morgan fingerprint density at radius 2 is 1.75 bits per heavy atom. The molecule has 9 heteroatoms. The summed E-state index contributed by atoms with van der Waals surface area (Å²) in [5.74, 6) is -1.16. The fraction of sp³-hybridized carbons (Fsp3) is 0.133. The lowest BCUT2D eigenvalue weighted by atomic mass is 9.99. The smallest absolute Gasteiger partial charge is 0.359 e. The summed E-state index contributed by atoms with van der Waals surface area (Å²) >= 11 is 22.5. The van der Waals surface area contributed by atoms with Crippen LogP contribution < -0.4 is 0 Å². The molecule has 1 unspecified atom stereocenters. The van der Waals surface area contributed by atoms with Gasteiger partial charge in [-0.05, 0) is 17.7 Å². The highest BCUT2D eigenvalue weighted by atomic mass is 35.6. The van der Waals surface area contributed by atoms with E-state index in [-0.39, 0.29) is 16.3 Å². The average molecular weight is 409 g/mol. The van der Waals surface area contributed by atoms with Crippen LogP contribution in [0.25, 0.3) is 0 Å². The predicted octanol–water partition coefficient (Wildman–Crippen LogP) is 5.25. The number of hydrogen-bond acceptors (Lipinski definition) is 4. The second-order valence-corrected chi connectivity index (χ2v) is 7.37. The molecule has 0 heterocycles. The maximum absolute atomic E-state index is 12.0. The van der Waals surface area contributed by atoms with Crippen molar-refractivity contribution in [3.05, 3.63) is 74.8 Å². The van der Waals surface area contributed by atoms with Crippen molar-refractivity contribution in [1.29, 1.82) is 0 Å². The number of nitro benzene ring substituents is 1. The van der Waals surface area contributed by atoms with Gasteiger partial charge in [0.15, 0.2) is 6.10 Å². The molecule has 24 heavy (non-hydrogen) atoms. The Labute approximate surface area is 157 Å². The highest BCUT2D eigenvalue weighted by Gasteiger charge is 2.37. The van der Waals surface area contributed by atoms with Crippen LogP contribution in [-0.2, 0) is 9.53 Å². The highest BCUT2D eigenvalue weighted by Crippen LogP contribution is 2.37. The summed E-state index contributed by atoms with van der Waals surface area (Å²) < 4.78 is 2.92. The van der Waals surface area contributed by atoms with Gasteiger partial charge in [0.25, 0.3) is 9.48 Å². The van der Waals surface area contributed by atoms with Crippen LogP contribution in [0, 0.1) is 10.1 Å². The van der Waals surface area contributed by atoms with E-state index in [1.165, 1.54) is 18.2 Å². The largest absolute Gasteiger partial charge is 0.449 e. The van der Waals surface area contributed by atoms with E-state index >= 15 is 0 Å². The zero-order valence-electron chi connectivity index (χ0n) is 11.8. The minimum atomic E-state index is -2.32. The first-order valence-corrected chi connectivity index (χ1v) is 7.98. The number of alkyl halides is 3. The lowest BCUT2D eigenvalue weighted by molar-refractivity contribution is -0.386. The number of nitrogens with zero attached hydrogens (tertiary/aromatic N) is 1. The molecule has 2 aromatic rings. The van der Waals surface area contributed by atoms with E-state index in [1.807, 2.05) is 0 Å². The number of benzene rings is 2. The van der Waals surface area contributed by atoms with Crippen molar-refractivity contribution in [2.75, 3.05) is 0 Å². The van der Waals surface area contributed by atoms with E-state index in [0.29, 0.717) is 5.56 Å². The molecule has 0 N–H and O–H groups in total. The van der Waals surface area contributed by atoms with Crippen molar-refractivity contribution in [3.8, 4) is 0 Å². The summed E-state index contributed by atoms with van der Waals surface area (Å²) in [6, 6.07) is 12.3. The van der Waals surface area contributed by atoms with E-state index in [0.717, 1.165) is 0 Å². The molecule has 5 nitrogen and oxygen atoms in total. The molecule has 0 saturated carbocycles. The van der Waals surface area contributed by atoms with Crippen LogP contribution in [0.5, 0.6) is 0 Å². The first-order chi connectivity index (χ1) is 11.2. The number of carbonyl (C=O) groups excluding carboxylic acids is 1. The number of esters is 1. The maximum Gasteiger partial charge on any atom is 0.359 e. The van der Waals surface area contributed by atoms with Crippen LogP contribution in [0.2, 0.25) is 5.02 Å². The summed E-state index contributed by atoms with van der Waals surface area (Å²) in [5, 5.41) is 11.5. The summed E-state index contributed by atoms with van der Waals surface area (Å²) in [4.78, 5) is 22.7. The number of nitro groups is 1. The minimum Gasteiger partial charge on any atom is -0.449 e. The molecule has 0 fully saturated rings. The third kappa shape index (κ3) is 4.51. The molecule has 2 rings (SSSR count). The van der Waals surface area contributed by atoms with Gasteiger partial charge in [0.1, 0.15) is 0 Å². The standard InChI is InChI=1S/C15H9Cl4NO4/c16-10-6-7-12(20(22)23)11(8-10)13(9-4-2-1-3-5-9)24-14(21)15(17,18)19/h1-8,13H. The Hall–Kier alpha value is -1.53. The van der Waals surface area contributed by atoms with Gasteiger partial charge in [0, 0.05) is 11.1 Å². The number of hydrogen-bond donors (Lipinski definition) is 0. The summed E-state index contributed by atoms with van der Waals surface area (Å²) in [7, 11) is 0. The van der Waals surface area contributed by atoms with Crippen molar-refractivity contribution < 1.29 is 14.5 Å². The van der Waals surface area contributed by atoms with Crippen LogP contribution in [0.3, 0.4) is 0 Å².